The van der Waals surface area contributed by atoms with E-state index >= 15 is 0 Å². The highest BCUT2D eigenvalue weighted by Crippen LogP contribution is 2.31. The molecular weight excluding hydrogens is 218 g/mol. The molecule has 0 saturated heterocycles. The summed E-state index contributed by atoms with van der Waals surface area (Å²) >= 11 is 0. The molecule has 0 aliphatic rings. The fourth-order valence-corrected chi connectivity index (χ4v) is 1.09. The summed E-state index contributed by atoms with van der Waals surface area (Å²) in [4.78, 5) is 11.2. The lowest BCUT2D eigenvalue weighted by Crippen LogP contribution is -2.59. The van der Waals surface area contributed by atoms with Crippen LogP contribution in [0, 0.1) is 11.3 Å². The Morgan fingerprint density at radius 1 is 1.18 bits per heavy atom. The number of hydrogen-bond donors (Lipinski definition) is 3. The molecule has 4 nitrogen and oxygen atoms in total. The van der Waals surface area contributed by atoms with E-state index in [0.717, 1.165) is 0 Å². The summed E-state index contributed by atoms with van der Waals surface area (Å²) in [6.45, 7) is 13.1. The summed E-state index contributed by atoms with van der Waals surface area (Å²) in [5.41, 5.74) is -2.34. The average Bonchev–Trinajstić information content (AvgIpc) is 2.14. The Morgan fingerprint density at radius 2 is 1.59 bits per heavy atom. The molecular formula is C13H27NO3. The van der Waals surface area contributed by atoms with Gasteiger partial charge in [-0.15, -0.1) is 0 Å². The number of rotatable bonds is 6. The van der Waals surface area contributed by atoms with Crippen LogP contribution in [0.2, 0.25) is 0 Å². The molecule has 17 heavy (non-hydrogen) atoms. The summed E-state index contributed by atoms with van der Waals surface area (Å²) in [5, 5.41) is 22.5. The summed E-state index contributed by atoms with van der Waals surface area (Å²) in [5.74, 6) is -0.738. The third-order valence-corrected chi connectivity index (χ3v) is 4.23. The van der Waals surface area contributed by atoms with E-state index in [1.807, 2.05) is 27.7 Å². The Labute approximate surface area is 104 Å². The van der Waals surface area contributed by atoms with Crippen LogP contribution in [0.25, 0.3) is 0 Å². The zero-order valence-electron chi connectivity index (χ0n) is 12.1. The first kappa shape index (κ1) is 16.4. The van der Waals surface area contributed by atoms with Gasteiger partial charge in [-0.2, -0.15) is 0 Å². The number of nitrogens with one attached hydrogen (secondary N) is 1. The average molecular weight is 245 g/mol. The van der Waals surface area contributed by atoms with Gasteiger partial charge in [-0.3, -0.25) is 4.79 Å². The smallest absolute Gasteiger partial charge is 0.310 e. The monoisotopic (exact) mass is 245 g/mol. The van der Waals surface area contributed by atoms with Crippen LogP contribution in [0.4, 0.5) is 0 Å². The largest absolute Gasteiger partial charge is 0.481 e. The molecule has 0 aromatic carbocycles. The van der Waals surface area contributed by atoms with Crippen molar-refractivity contribution in [2.45, 2.75) is 59.6 Å². The quantitative estimate of drug-likeness (QED) is 0.668. The number of hydrogen-bond acceptors (Lipinski definition) is 3. The van der Waals surface area contributed by atoms with E-state index in [0.29, 0.717) is 6.54 Å². The van der Waals surface area contributed by atoms with E-state index in [4.69, 9.17) is 0 Å². The SMILES string of the molecule is CC(C)C(C)(O)CNC(C)(C)C(C)(C)C(=O)O. The second kappa shape index (κ2) is 4.94. The molecule has 0 rings (SSSR count). The van der Waals surface area contributed by atoms with Crippen molar-refractivity contribution in [2.24, 2.45) is 11.3 Å². The molecule has 0 saturated carbocycles. The summed E-state index contributed by atoms with van der Waals surface area (Å²) in [6.07, 6.45) is 0. The molecule has 0 heterocycles. The van der Waals surface area contributed by atoms with E-state index in [1.54, 1.807) is 20.8 Å². The maximum absolute atomic E-state index is 11.2. The zero-order chi connectivity index (χ0) is 14.1. The summed E-state index contributed by atoms with van der Waals surface area (Å²) in [7, 11) is 0. The van der Waals surface area contributed by atoms with Crippen molar-refractivity contribution in [3.63, 3.8) is 0 Å². The third-order valence-electron chi connectivity index (χ3n) is 4.23. The van der Waals surface area contributed by atoms with Gasteiger partial charge in [-0.25, -0.2) is 0 Å². The molecule has 0 spiro atoms. The summed E-state index contributed by atoms with van der Waals surface area (Å²) in [6, 6.07) is 0. The van der Waals surface area contributed by atoms with Crippen molar-refractivity contribution in [3.8, 4) is 0 Å². The van der Waals surface area contributed by atoms with Crippen molar-refractivity contribution in [1.82, 2.24) is 5.32 Å². The Balaban J connectivity index is 4.74. The second-order valence-corrected chi connectivity index (χ2v) is 6.42. The molecule has 0 amide bonds. The van der Waals surface area contributed by atoms with Crippen LogP contribution in [0.3, 0.4) is 0 Å². The van der Waals surface area contributed by atoms with E-state index in [-0.39, 0.29) is 5.92 Å². The number of aliphatic hydroxyl groups is 1. The van der Waals surface area contributed by atoms with Gasteiger partial charge in [-0.1, -0.05) is 13.8 Å². The van der Waals surface area contributed by atoms with Crippen LogP contribution < -0.4 is 5.32 Å². The molecule has 1 atom stereocenters. The molecule has 102 valence electrons. The maximum atomic E-state index is 11.2. The predicted molar refractivity (Wildman–Crippen MR) is 69.0 cm³/mol. The van der Waals surface area contributed by atoms with Crippen LogP contribution in [0.5, 0.6) is 0 Å². The third kappa shape index (κ3) is 3.68. The van der Waals surface area contributed by atoms with Gasteiger partial charge < -0.3 is 15.5 Å². The lowest BCUT2D eigenvalue weighted by Gasteiger charge is -2.41. The van der Waals surface area contributed by atoms with Gasteiger partial charge >= 0.3 is 5.97 Å². The lowest BCUT2D eigenvalue weighted by atomic mass is 9.74. The van der Waals surface area contributed by atoms with Crippen LogP contribution in [0.1, 0.15) is 48.5 Å². The Kier molecular flexibility index (Phi) is 4.77. The standard InChI is InChI=1S/C13H27NO3/c1-9(2)13(7,17)8-14-12(5,6)11(3,4)10(15)16/h9,14,17H,8H2,1-7H3,(H,15,16). The van der Waals surface area contributed by atoms with Crippen molar-refractivity contribution in [3.05, 3.63) is 0 Å². The van der Waals surface area contributed by atoms with Gasteiger partial charge in [0.05, 0.1) is 11.0 Å². The van der Waals surface area contributed by atoms with E-state index in [9.17, 15) is 15.0 Å². The van der Waals surface area contributed by atoms with Gasteiger partial charge in [0.2, 0.25) is 0 Å². The number of carboxylic acid groups (broad SMARTS) is 1. The molecule has 0 fully saturated rings. The van der Waals surface area contributed by atoms with Crippen LogP contribution >= 0.6 is 0 Å². The van der Waals surface area contributed by atoms with Crippen molar-refractivity contribution >= 4 is 5.97 Å². The highest BCUT2D eigenvalue weighted by molar-refractivity contribution is 5.75. The van der Waals surface area contributed by atoms with Crippen LogP contribution in [0.15, 0.2) is 0 Å². The molecule has 0 aliphatic carbocycles. The number of carboxylic acids is 1. The van der Waals surface area contributed by atoms with E-state index in [2.05, 4.69) is 5.32 Å². The second-order valence-electron chi connectivity index (χ2n) is 6.42. The Hall–Kier alpha value is -0.610. The highest BCUT2D eigenvalue weighted by Gasteiger charge is 2.44. The predicted octanol–water partition coefficient (Wildman–Crippen LogP) is 1.87. The topological polar surface area (TPSA) is 69.6 Å². The minimum atomic E-state index is -0.903. The first-order chi connectivity index (χ1) is 7.34. The molecule has 0 radical (unpaired) electrons. The first-order valence-electron chi connectivity index (χ1n) is 6.05. The van der Waals surface area contributed by atoms with Gasteiger partial charge in [0, 0.05) is 12.1 Å². The van der Waals surface area contributed by atoms with Gasteiger partial charge in [0.25, 0.3) is 0 Å². The van der Waals surface area contributed by atoms with E-state index < -0.39 is 22.5 Å². The van der Waals surface area contributed by atoms with Crippen LogP contribution in [-0.4, -0.2) is 33.9 Å². The van der Waals surface area contributed by atoms with Crippen molar-refractivity contribution in [2.75, 3.05) is 6.54 Å². The first-order valence-corrected chi connectivity index (χ1v) is 6.05. The maximum Gasteiger partial charge on any atom is 0.310 e. The fourth-order valence-electron chi connectivity index (χ4n) is 1.09. The molecule has 0 aromatic heterocycles. The normalized spacial score (nSPS) is 17.0. The highest BCUT2D eigenvalue weighted by atomic mass is 16.4. The molecule has 4 heteroatoms. The number of β-amino-alcohol motifs (C(OH)–C–C–N with tert-alkyl or cyclic N) is 1. The van der Waals surface area contributed by atoms with Crippen molar-refractivity contribution < 1.29 is 15.0 Å². The number of aliphatic carboxylic acids is 1. The zero-order valence-corrected chi connectivity index (χ0v) is 12.1. The van der Waals surface area contributed by atoms with Gasteiger partial charge in [0.1, 0.15) is 0 Å². The van der Waals surface area contributed by atoms with Crippen LogP contribution in [-0.2, 0) is 4.79 Å². The van der Waals surface area contributed by atoms with Gasteiger partial charge in [-0.05, 0) is 40.5 Å². The Bertz CT molecular complexity index is 280. The summed E-state index contributed by atoms with van der Waals surface area (Å²) < 4.78 is 0. The molecule has 0 aromatic rings. The minimum absolute atomic E-state index is 0.110. The Morgan fingerprint density at radius 3 is 1.88 bits per heavy atom. The lowest BCUT2D eigenvalue weighted by molar-refractivity contribution is -0.151. The van der Waals surface area contributed by atoms with E-state index in [1.165, 1.54) is 0 Å². The molecule has 3 N–H and O–H groups in total. The van der Waals surface area contributed by atoms with Crippen molar-refractivity contribution in [1.29, 1.82) is 0 Å². The number of carbonyl (C=O) groups is 1. The molecule has 1 unspecified atom stereocenters. The van der Waals surface area contributed by atoms with Gasteiger partial charge in [0.15, 0.2) is 0 Å². The fraction of sp³-hybridized carbons (Fsp3) is 0.923. The molecule has 0 aliphatic heterocycles. The molecule has 0 bridgehead atoms. The minimum Gasteiger partial charge on any atom is -0.481 e.